The fraction of sp³-hybridized carbons (Fsp3) is 0.588. The number of hydrogen-bond donors (Lipinski definition) is 1. The molecule has 26 heavy (non-hydrogen) atoms. The second kappa shape index (κ2) is 8.70. The van der Waals surface area contributed by atoms with Crippen molar-refractivity contribution >= 4 is 15.9 Å². The first-order valence-corrected chi connectivity index (χ1v) is 10.2. The predicted molar refractivity (Wildman–Crippen MR) is 96.9 cm³/mol. The summed E-state index contributed by atoms with van der Waals surface area (Å²) in [5, 5.41) is 2.81. The summed E-state index contributed by atoms with van der Waals surface area (Å²) in [5.41, 5.74) is -0.568. The molecule has 146 valence electrons. The monoisotopic (exact) mass is 386 g/mol. The third kappa shape index (κ3) is 5.33. The number of sulfonamides is 1. The molecule has 8 nitrogen and oxygen atoms in total. The Bertz CT molecular complexity index is 714. The van der Waals surface area contributed by atoms with E-state index >= 15 is 0 Å². The van der Waals surface area contributed by atoms with Crippen LogP contribution in [-0.4, -0.2) is 70.9 Å². The minimum atomic E-state index is -3.20. The smallest absolute Gasteiger partial charge is 0.258 e. The molecule has 1 heterocycles. The quantitative estimate of drug-likeness (QED) is 0.704. The number of rotatable bonds is 8. The lowest BCUT2D eigenvalue weighted by atomic mass is 9.92. The largest absolute Gasteiger partial charge is 0.493 e. The van der Waals surface area contributed by atoms with E-state index in [1.54, 1.807) is 25.3 Å². The Morgan fingerprint density at radius 1 is 1.19 bits per heavy atom. The third-order valence-corrected chi connectivity index (χ3v) is 5.87. The van der Waals surface area contributed by atoms with Gasteiger partial charge < -0.3 is 19.5 Å². The Balaban J connectivity index is 1.84. The summed E-state index contributed by atoms with van der Waals surface area (Å²) in [6, 6.07) is 7.09. The molecule has 0 unspecified atom stereocenters. The van der Waals surface area contributed by atoms with Gasteiger partial charge in [-0.05, 0) is 25.0 Å². The van der Waals surface area contributed by atoms with Crippen molar-refractivity contribution < 1.29 is 27.4 Å². The Hall–Kier alpha value is -1.84. The van der Waals surface area contributed by atoms with Crippen LogP contribution in [0.15, 0.2) is 24.3 Å². The van der Waals surface area contributed by atoms with Gasteiger partial charge in [0.25, 0.3) is 5.91 Å². The van der Waals surface area contributed by atoms with Gasteiger partial charge in [0.1, 0.15) is 0 Å². The zero-order chi connectivity index (χ0) is 19.2. The molecule has 1 aromatic carbocycles. The van der Waals surface area contributed by atoms with E-state index in [-0.39, 0.29) is 12.5 Å². The molecule has 1 fully saturated rings. The highest BCUT2D eigenvalue weighted by molar-refractivity contribution is 7.88. The SMILES string of the molecule is COc1ccccc1OCC(=O)NCC1(OC)CCN(S(C)(=O)=O)CC1. The first kappa shape index (κ1) is 20.5. The summed E-state index contributed by atoms with van der Waals surface area (Å²) in [6.07, 6.45) is 2.23. The topological polar surface area (TPSA) is 94.2 Å². The zero-order valence-corrected chi connectivity index (χ0v) is 16.2. The van der Waals surface area contributed by atoms with Gasteiger partial charge in [-0.25, -0.2) is 12.7 Å². The van der Waals surface area contributed by atoms with Crippen molar-refractivity contribution in [3.05, 3.63) is 24.3 Å². The van der Waals surface area contributed by atoms with E-state index in [0.717, 1.165) is 0 Å². The van der Waals surface area contributed by atoms with Gasteiger partial charge in [-0.1, -0.05) is 12.1 Å². The van der Waals surface area contributed by atoms with Gasteiger partial charge in [0.15, 0.2) is 18.1 Å². The molecule has 9 heteroatoms. The number of ether oxygens (including phenoxy) is 3. The van der Waals surface area contributed by atoms with Crippen LogP contribution >= 0.6 is 0 Å². The highest BCUT2D eigenvalue weighted by Crippen LogP contribution is 2.27. The number of para-hydroxylation sites is 2. The Morgan fingerprint density at radius 2 is 1.81 bits per heavy atom. The summed E-state index contributed by atoms with van der Waals surface area (Å²) in [4.78, 5) is 12.1. The first-order chi connectivity index (χ1) is 12.3. The lowest BCUT2D eigenvalue weighted by Gasteiger charge is -2.39. The van der Waals surface area contributed by atoms with E-state index in [1.807, 2.05) is 6.07 Å². The van der Waals surface area contributed by atoms with Crippen LogP contribution in [0, 0.1) is 0 Å². The maximum Gasteiger partial charge on any atom is 0.258 e. The molecule has 0 aromatic heterocycles. The average molecular weight is 386 g/mol. The molecule has 1 amide bonds. The van der Waals surface area contributed by atoms with Crippen molar-refractivity contribution in [2.24, 2.45) is 0 Å². The molecule has 0 atom stereocenters. The van der Waals surface area contributed by atoms with Crippen molar-refractivity contribution in [2.45, 2.75) is 18.4 Å². The molecule has 0 saturated carbocycles. The summed E-state index contributed by atoms with van der Waals surface area (Å²) in [6.45, 7) is 0.908. The maximum absolute atomic E-state index is 12.1. The molecular weight excluding hydrogens is 360 g/mol. The Morgan fingerprint density at radius 3 is 2.35 bits per heavy atom. The fourth-order valence-electron chi connectivity index (χ4n) is 2.87. The minimum absolute atomic E-state index is 0.143. The van der Waals surface area contributed by atoms with Crippen LogP contribution in [0.1, 0.15) is 12.8 Å². The van der Waals surface area contributed by atoms with Crippen molar-refractivity contribution in [1.29, 1.82) is 0 Å². The number of amides is 1. The highest BCUT2D eigenvalue weighted by Gasteiger charge is 2.37. The third-order valence-electron chi connectivity index (χ3n) is 4.57. The number of hydrogen-bond acceptors (Lipinski definition) is 6. The van der Waals surface area contributed by atoms with Gasteiger partial charge in [-0.15, -0.1) is 0 Å². The number of nitrogens with one attached hydrogen (secondary N) is 1. The van der Waals surface area contributed by atoms with E-state index in [4.69, 9.17) is 14.2 Å². The van der Waals surface area contributed by atoms with Gasteiger partial charge in [0, 0.05) is 26.7 Å². The first-order valence-electron chi connectivity index (χ1n) is 8.32. The Kier molecular flexibility index (Phi) is 6.85. The van der Waals surface area contributed by atoms with Gasteiger partial charge in [-0.2, -0.15) is 0 Å². The van der Waals surface area contributed by atoms with Gasteiger partial charge in [0.2, 0.25) is 10.0 Å². The van der Waals surface area contributed by atoms with E-state index in [0.29, 0.717) is 44.0 Å². The van der Waals surface area contributed by atoms with Gasteiger partial charge >= 0.3 is 0 Å². The lowest BCUT2D eigenvalue weighted by molar-refractivity contribution is -0.125. The van der Waals surface area contributed by atoms with Crippen LogP contribution < -0.4 is 14.8 Å². The van der Waals surface area contributed by atoms with E-state index < -0.39 is 15.6 Å². The van der Waals surface area contributed by atoms with Crippen molar-refractivity contribution in [3.8, 4) is 11.5 Å². The summed E-state index contributed by atoms with van der Waals surface area (Å²) < 4.78 is 40.9. The van der Waals surface area contributed by atoms with E-state index in [2.05, 4.69) is 5.32 Å². The standard InChI is InChI=1S/C17H26N2O6S/c1-23-14-6-4-5-7-15(14)25-12-16(20)18-13-17(24-2)8-10-19(11-9-17)26(3,21)22/h4-7H,8-13H2,1-3H3,(H,18,20). The molecule has 1 saturated heterocycles. The number of methoxy groups -OCH3 is 2. The molecule has 1 N–H and O–H groups in total. The number of carbonyl (C=O) groups excluding carboxylic acids is 1. The van der Waals surface area contributed by atoms with Crippen molar-refractivity contribution in [3.63, 3.8) is 0 Å². The van der Waals surface area contributed by atoms with Crippen LogP contribution in [-0.2, 0) is 19.6 Å². The van der Waals surface area contributed by atoms with Crippen molar-refractivity contribution in [2.75, 3.05) is 46.7 Å². The van der Waals surface area contributed by atoms with Gasteiger partial charge in [-0.3, -0.25) is 4.79 Å². The van der Waals surface area contributed by atoms with Crippen molar-refractivity contribution in [1.82, 2.24) is 9.62 Å². The summed E-state index contributed by atoms with van der Waals surface area (Å²) in [5.74, 6) is 0.771. The normalized spacial score (nSPS) is 17.5. The molecular formula is C17H26N2O6S. The number of nitrogens with zero attached hydrogens (tertiary/aromatic N) is 1. The van der Waals surface area contributed by atoms with Crippen LogP contribution in [0.4, 0.5) is 0 Å². The summed E-state index contributed by atoms with van der Waals surface area (Å²) in [7, 11) is -0.0907. The Labute approximate surface area is 154 Å². The lowest BCUT2D eigenvalue weighted by Crippen LogP contribution is -2.53. The second-order valence-corrected chi connectivity index (χ2v) is 8.25. The molecule has 2 rings (SSSR count). The zero-order valence-electron chi connectivity index (χ0n) is 15.4. The molecule has 0 spiro atoms. The van der Waals surface area contributed by atoms with Crippen LogP contribution in [0.3, 0.4) is 0 Å². The molecule has 1 aliphatic heterocycles. The van der Waals surface area contributed by atoms with Crippen LogP contribution in [0.5, 0.6) is 11.5 Å². The number of carbonyl (C=O) groups is 1. The minimum Gasteiger partial charge on any atom is -0.493 e. The second-order valence-electron chi connectivity index (χ2n) is 6.27. The number of benzene rings is 1. The van der Waals surface area contributed by atoms with E-state index in [9.17, 15) is 13.2 Å². The maximum atomic E-state index is 12.1. The summed E-state index contributed by atoms with van der Waals surface area (Å²) >= 11 is 0. The average Bonchev–Trinajstić information content (AvgIpc) is 2.64. The van der Waals surface area contributed by atoms with Crippen LogP contribution in [0.25, 0.3) is 0 Å². The molecule has 1 aliphatic rings. The predicted octanol–water partition coefficient (Wildman–Crippen LogP) is 0.631. The highest BCUT2D eigenvalue weighted by atomic mass is 32.2. The molecule has 0 radical (unpaired) electrons. The fourth-order valence-corrected chi connectivity index (χ4v) is 3.72. The molecule has 1 aromatic rings. The van der Waals surface area contributed by atoms with E-state index in [1.165, 1.54) is 17.7 Å². The molecule has 0 bridgehead atoms. The molecule has 0 aliphatic carbocycles. The van der Waals surface area contributed by atoms with Gasteiger partial charge in [0.05, 0.1) is 19.0 Å². The number of piperidine rings is 1. The van der Waals surface area contributed by atoms with Crippen LogP contribution in [0.2, 0.25) is 0 Å².